The first-order valence-electron chi connectivity index (χ1n) is 9.55. The lowest BCUT2D eigenvalue weighted by atomic mass is 10.2. The zero-order chi connectivity index (χ0) is 20.1. The third-order valence-electron chi connectivity index (χ3n) is 4.93. The molecule has 2 aromatic rings. The van der Waals surface area contributed by atoms with Crippen LogP contribution in [0.1, 0.15) is 25.2 Å². The van der Waals surface area contributed by atoms with Gasteiger partial charge in [0.25, 0.3) is 0 Å². The molecule has 152 valence electrons. The van der Waals surface area contributed by atoms with E-state index in [1.165, 1.54) is 11.8 Å². The first-order valence-corrected chi connectivity index (χ1v) is 10.8. The average Bonchev–Trinajstić information content (AvgIpc) is 3.15. The number of hydrogen-bond donors (Lipinski definition) is 2. The molecule has 28 heavy (non-hydrogen) atoms. The summed E-state index contributed by atoms with van der Waals surface area (Å²) in [6.07, 6.45) is 0. The monoisotopic (exact) mass is 424 g/mol. The van der Waals surface area contributed by atoms with Gasteiger partial charge in [0.1, 0.15) is 12.4 Å². The molecule has 3 rings (SSSR count). The normalized spacial score (nSPS) is 16.2. The van der Waals surface area contributed by atoms with E-state index in [9.17, 15) is 4.79 Å². The number of aromatic amines is 1. The Labute approximate surface area is 174 Å². The van der Waals surface area contributed by atoms with Crippen LogP contribution in [0, 0.1) is 6.92 Å². The number of piperazine rings is 1. The molecule has 0 radical (unpaired) electrons. The highest BCUT2D eigenvalue weighted by Gasteiger charge is 2.27. The molecule has 0 aliphatic carbocycles. The minimum Gasteiger partial charge on any atom is -0.486 e. The van der Waals surface area contributed by atoms with Gasteiger partial charge in [-0.3, -0.25) is 9.89 Å². The van der Waals surface area contributed by atoms with E-state index in [0.29, 0.717) is 16.0 Å². The number of nitrogens with one attached hydrogen (secondary N) is 2. The van der Waals surface area contributed by atoms with Gasteiger partial charge < -0.3 is 14.5 Å². The molecule has 2 heterocycles. The van der Waals surface area contributed by atoms with Gasteiger partial charge in [-0.2, -0.15) is 0 Å². The second-order valence-electron chi connectivity index (χ2n) is 6.95. The quantitative estimate of drug-likeness (QED) is 0.660. The lowest BCUT2D eigenvalue weighted by Gasteiger charge is -2.32. The number of quaternary nitrogens is 1. The summed E-state index contributed by atoms with van der Waals surface area (Å²) in [6, 6.07) is 5.51. The van der Waals surface area contributed by atoms with Gasteiger partial charge in [0.15, 0.2) is 5.82 Å². The number of hydrogen-bond acceptors (Lipinski definition) is 5. The van der Waals surface area contributed by atoms with Crippen LogP contribution in [-0.4, -0.2) is 64.0 Å². The highest BCUT2D eigenvalue weighted by molar-refractivity contribution is 8.00. The van der Waals surface area contributed by atoms with Crippen LogP contribution < -0.4 is 9.64 Å². The van der Waals surface area contributed by atoms with Crippen molar-refractivity contribution >= 4 is 29.3 Å². The summed E-state index contributed by atoms with van der Waals surface area (Å²) in [6.45, 7) is 11.1. The van der Waals surface area contributed by atoms with Gasteiger partial charge >= 0.3 is 0 Å². The number of aryl methyl sites for hydroxylation is 1. The first kappa shape index (κ1) is 21.0. The summed E-state index contributed by atoms with van der Waals surface area (Å²) in [5.41, 5.74) is 0.960. The van der Waals surface area contributed by atoms with Crippen LogP contribution in [0.2, 0.25) is 5.02 Å². The first-order chi connectivity index (χ1) is 13.5. The summed E-state index contributed by atoms with van der Waals surface area (Å²) in [5.74, 6) is 1.50. The Morgan fingerprint density at radius 1 is 1.43 bits per heavy atom. The molecule has 7 nitrogen and oxygen atoms in total. The van der Waals surface area contributed by atoms with Crippen molar-refractivity contribution in [2.45, 2.75) is 37.8 Å². The molecule has 9 heteroatoms. The SMILES string of the molecule is CC[NH+]1CCN(C(=O)[C@@H](C)Sc2n[nH]c(COc3ccc(Cl)c(C)c3)n2)CC1. The zero-order valence-corrected chi connectivity index (χ0v) is 18.1. The van der Waals surface area contributed by atoms with Gasteiger partial charge in [-0.15, -0.1) is 5.10 Å². The van der Waals surface area contributed by atoms with Gasteiger partial charge in [-0.1, -0.05) is 23.4 Å². The van der Waals surface area contributed by atoms with Crippen LogP contribution in [0.3, 0.4) is 0 Å². The maximum absolute atomic E-state index is 12.7. The standard InChI is InChI=1S/C19H26ClN5O2S/c1-4-24-7-9-25(10-8-24)18(26)14(3)28-19-21-17(22-23-19)12-27-15-5-6-16(20)13(2)11-15/h5-6,11,14H,4,7-10,12H2,1-3H3,(H,21,22,23)/p+1/t14-/m1/s1. The molecule has 0 saturated carbocycles. The van der Waals surface area contributed by atoms with E-state index in [0.717, 1.165) is 44.0 Å². The van der Waals surface area contributed by atoms with Crippen molar-refractivity contribution in [3.8, 4) is 5.75 Å². The fourth-order valence-corrected chi connectivity index (χ4v) is 4.06. The average molecular weight is 425 g/mol. The fourth-order valence-electron chi connectivity index (χ4n) is 3.12. The van der Waals surface area contributed by atoms with Crippen LogP contribution in [0.5, 0.6) is 5.75 Å². The Kier molecular flexibility index (Phi) is 7.20. The van der Waals surface area contributed by atoms with Crippen LogP contribution in [0.15, 0.2) is 23.4 Å². The van der Waals surface area contributed by atoms with Gasteiger partial charge in [0, 0.05) is 5.02 Å². The molecule has 0 unspecified atom stereocenters. The molecule has 1 fully saturated rings. The molecule has 1 aromatic carbocycles. The van der Waals surface area contributed by atoms with Gasteiger partial charge in [-0.25, -0.2) is 4.98 Å². The molecule has 1 atom stereocenters. The number of ether oxygens (including phenoxy) is 1. The van der Waals surface area contributed by atoms with Crippen molar-refractivity contribution in [3.05, 3.63) is 34.6 Å². The van der Waals surface area contributed by atoms with Crippen molar-refractivity contribution in [2.75, 3.05) is 32.7 Å². The largest absolute Gasteiger partial charge is 0.486 e. The Bertz CT molecular complexity index is 807. The molecule has 1 aromatic heterocycles. The second kappa shape index (κ2) is 9.62. The molecular formula is C19H27ClN5O2S+. The number of halogens is 1. The number of amides is 1. The number of nitrogens with zero attached hydrogens (tertiary/aromatic N) is 3. The van der Waals surface area contributed by atoms with E-state index in [1.807, 2.05) is 36.9 Å². The lowest BCUT2D eigenvalue weighted by molar-refractivity contribution is -0.902. The predicted molar refractivity (Wildman–Crippen MR) is 110 cm³/mol. The Hall–Kier alpha value is -1.77. The highest BCUT2D eigenvalue weighted by atomic mass is 35.5. The fraction of sp³-hybridized carbons (Fsp3) is 0.526. The number of H-pyrrole nitrogens is 1. The van der Waals surface area contributed by atoms with E-state index in [4.69, 9.17) is 16.3 Å². The Balaban J connectivity index is 1.49. The molecule has 1 amide bonds. The van der Waals surface area contributed by atoms with Crippen molar-refractivity contribution in [2.24, 2.45) is 0 Å². The van der Waals surface area contributed by atoms with Crippen molar-refractivity contribution < 1.29 is 14.4 Å². The summed E-state index contributed by atoms with van der Waals surface area (Å²) in [7, 11) is 0. The van der Waals surface area contributed by atoms with E-state index in [-0.39, 0.29) is 17.8 Å². The molecule has 2 N–H and O–H groups in total. The number of carbonyl (C=O) groups is 1. The third-order valence-corrected chi connectivity index (χ3v) is 6.30. The maximum Gasteiger partial charge on any atom is 0.236 e. The highest BCUT2D eigenvalue weighted by Crippen LogP contribution is 2.23. The van der Waals surface area contributed by atoms with Crippen molar-refractivity contribution in [3.63, 3.8) is 0 Å². The van der Waals surface area contributed by atoms with Crippen LogP contribution in [0.4, 0.5) is 0 Å². The summed E-state index contributed by atoms with van der Waals surface area (Å²) < 4.78 is 5.73. The predicted octanol–water partition coefficient (Wildman–Crippen LogP) is 1.57. The molecule has 0 spiro atoms. The zero-order valence-electron chi connectivity index (χ0n) is 16.5. The molecule has 1 aliphatic rings. The maximum atomic E-state index is 12.7. The lowest BCUT2D eigenvalue weighted by Crippen LogP contribution is -3.14. The summed E-state index contributed by atoms with van der Waals surface area (Å²) in [4.78, 5) is 20.6. The molecule has 1 saturated heterocycles. The van der Waals surface area contributed by atoms with Crippen LogP contribution in [-0.2, 0) is 11.4 Å². The summed E-state index contributed by atoms with van der Waals surface area (Å²) in [5, 5.41) is 8.14. The van der Waals surface area contributed by atoms with Gasteiger partial charge in [-0.05, 0) is 44.5 Å². The van der Waals surface area contributed by atoms with E-state index in [1.54, 1.807) is 4.90 Å². The Morgan fingerprint density at radius 2 is 2.18 bits per heavy atom. The molecule has 0 bridgehead atoms. The summed E-state index contributed by atoms with van der Waals surface area (Å²) >= 11 is 7.40. The Morgan fingerprint density at radius 3 is 2.86 bits per heavy atom. The minimum absolute atomic E-state index is 0.152. The van der Waals surface area contributed by atoms with E-state index < -0.39 is 0 Å². The van der Waals surface area contributed by atoms with E-state index >= 15 is 0 Å². The topological polar surface area (TPSA) is 75.5 Å². The smallest absolute Gasteiger partial charge is 0.236 e. The number of benzene rings is 1. The van der Waals surface area contributed by atoms with Crippen LogP contribution >= 0.6 is 23.4 Å². The number of aromatic nitrogens is 3. The third kappa shape index (κ3) is 5.40. The van der Waals surface area contributed by atoms with Crippen molar-refractivity contribution in [1.29, 1.82) is 0 Å². The number of rotatable bonds is 7. The molecule has 1 aliphatic heterocycles. The number of likely N-dealkylation sites (N-methyl/N-ethyl adjacent to an activating group) is 1. The second-order valence-corrected chi connectivity index (χ2v) is 8.67. The number of thioether (sulfide) groups is 1. The van der Waals surface area contributed by atoms with Crippen molar-refractivity contribution in [1.82, 2.24) is 20.1 Å². The minimum atomic E-state index is -0.216. The van der Waals surface area contributed by atoms with Crippen LogP contribution in [0.25, 0.3) is 0 Å². The molecular weight excluding hydrogens is 398 g/mol. The van der Waals surface area contributed by atoms with E-state index in [2.05, 4.69) is 22.1 Å². The van der Waals surface area contributed by atoms with Gasteiger partial charge in [0.05, 0.1) is 38.0 Å². The number of carbonyl (C=O) groups excluding carboxylic acids is 1. The van der Waals surface area contributed by atoms with Gasteiger partial charge in [0.2, 0.25) is 11.1 Å².